The van der Waals surface area contributed by atoms with Gasteiger partial charge >= 0.3 is 0 Å². The Labute approximate surface area is 94.2 Å². The summed E-state index contributed by atoms with van der Waals surface area (Å²) in [5, 5.41) is 0. The van der Waals surface area contributed by atoms with E-state index in [-0.39, 0.29) is 4.75 Å². The van der Waals surface area contributed by atoms with Gasteiger partial charge in [0.05, 0.1) is 5.56 Å². The molecule has 1 aromatic carbocycles. The van der Waals surface area contributed by atoms with Gasteiger partial charge in [0.1, 0.15) is 0 Å². The Balaban J connectivity index is 3.13. The highest BCUT2D eigenvalue weighted by atomic mass is 32.2. The molecule has 1 rings (SSSR count). The summed E-state index contributed by atoms with van der Waals surface area (Å²) in [5.74, 6) is -0.415. The van der Waals surface area contributed by atoms with E-state index in [1.54, 1.807) is 30.0 Å². The Morgan fingerprint density at radius 1 is 1.33 bits per heavy atom. The van der Waals surface area contributed by atoms with E-state index in [0.717, 1.165) is 4.90 Å². The molecule has 0 aliphatic heterocycles. The molecule has 0 heterocycles. The quantitative estimate of drug-likeness (QED) is 0.598. The highest BCUT2D eigenvalue weighted by molar-refractivity contribution is 8.00. The minimum atomic E-state index is -0.415. The molecule has 15 heavy (non-hydrogen) atoms. The van der Waals surface area contributed by atoms with Crippen LogP contribution < -0.4 is 11.5 Å². The van der Waals surface area contributed by atoms with Gasteiger partial charge < -0.3 is 11.5 Å². The molecule has 4 N–H and O–H groups in total. The van der Waals surface area contributed by atoms with Crippen molar-refractivity contribution in [1.82, 2.24) is 0 Å². The predicted molar refractivity (Wildman–Crippen MR) is 65.0 cm³/mol. The standard InChI is InChI=1S/C11H16N2OS/c1-11(2,3)15-9-6-7(12)4-5-8(9)10(13)14/h4-6H,12H2,1-3H3,(H2,13,14). The summed E-state index contributed by atoms with van der Waals surface area (Å²) in [6, 6.07) is 5.15. The number of nitrogen functional groups attached to an aromatic ring is 1. The van der Waals surface area contributed by atoms with Crippen molar-refractivity contribution in [2.75, 3.05) is 5.73 Å². The molecule has 4 heteroatoms. The van der Waals surface area contributed by atoms with Gasteiger partial charge in [-0.3, -0.25) is 4.79 Å². The number of hydrogen-bond donors (Lipinski definition) is 2. The summed E-state index contributed by atoms with van der Waals surface area (Å²) < 4.78 is 0.0258. The van der Waals surface area contributed by atoms with Crippen molar-refractivity contribution < 1.29 is 4.79 Å². The van der Waals surface area contributed by atoms with Crippen LogP contribution in [0.1, 0.15) is 31.1 Å². The van der Waals surface area contributed by atoms with Crippen LogP contribution in [0.2, 0.25) is 0 Å². The number of nitrogens with two attached hydrogens (primary N) is 2. The van der Waals surface area contributed by atoms with E-state index in [1.807, 2.05) is 0 Å². The fourth-order valence-corrected chi connectivity index (χ4v) is 2.29. The van der Waals surface area contributed by atoms with E-state index in [9.17, 15) is 4.79 Å². The lowest BCUT2D eigenvalue weighted by atomic mass is 10.2. The summed E-state index contributed by atoms with van der Waals surface area (Å²) in [5.41, 5.74) is 12.1. The Hall–Kier alpha value is -1.16. The molecule has 0 unspecified atom stereocenters. The first kappa shape index (κ1) is 11.9. The average Bonchev–Trinajstić information content (AvgIpc) is 1.99. The number of carbonyl (C=O) groups excluding carboxylic acids is 1. The maximum atomic E-state index is 11.2. The molecule has 3 nitrogen and oxygen atoms in total. The summed E-state index contributed by atoms with van der Waals surface area (Å²) >= 11 is 1.59. The van der Waals surface area contributed by atoms with Crippen LogP contribution >= 0.6 is 11.8 Å². The molecule has 0 aliphatic carbocycles. The molecule has 82 valence electrons. The Morgan fingerprint density at radius 2 is 1.93 bits per heavy atom. The van der Waals surface area contributed by atoms with Crippen LogP contribution in [-0.4, -0.2) is 10.7 Å². The molecule has 0 atom stereocenters. The molecule has 0 saturated heterocycles. The summed E-state index contributed by atoms with van der Waals surface area (Å²) in [6.07, 6.45) is 0. The van der Waals surface area contributed by atoms with E-state index >= 15 is 0 Å². The zero-order valence-corrected chi connectivity index (χ0v) is 10.0. The number of hydrogen-bond acceptors (Lipinski definition) is 3. The Kier molecular flexibility index (Phi) is 3.29. The fraction of sp³-hybridized carbons (Fsp3) is 0.364. The first-order valence-corrected chi connectivity index (χ1v) is 5.49. The summed E-state index contributed by atoms with van der Waals surface area (Å²) in [7, 11) is 0. The van der Waals surface area contributed by atoms with Crippen molar-refractivity contribution in [2.24, 2.45) is 5.73 Å². The van der Waals surface area contributed by atoms with Crippen molar-refractivity contribution in [3.05, 3.63) is 23.8 Å². The highest BCUT2D eigenvalue weighted by Gasteiger charge is 2.17. The van der Waals surface area contributed by atoms with Gasteiger partial charge in [-0.2, -0.15) is 0 Å². The van der Waals surface area contributed by atoms with E-state index in [0.29, 0.717) is 11.3 Å². The van der Waals surface area contributed by atoms with Gasteiger partial charge in [-0.1, -0.05) is 20.8 Å². The van der Waals surface area contributed by atoms with Gasteiger partial charge in [-0.05, 0) is 18.2 Å². The largest absolute Gasteiger partial charge is 0.399 e. The molecular formula is C11H16N2OS. The van der Waals surface area contributed by atoms with Crippen molar-refractivity contribution in [2.45, 2.75) is 30.4 Å². The van der Waals surface area contributed by atoms with Crippen molar-refractivity contribution >= 4 is 23.4 Å². The van der Waals surface area contributed by atoms with Crippen molar-refractivity contribution in [1.29, 1.82) is 0 Å². The molecule has 0 bridgehead atoms. The third-order valence-corrected chi connectivity index (χ3v) is 2.86. The van der Waals surface area contributed by atoms with Gasteiger partial charge in [0.25, 0.3) is 0 Å². The van der Waals surface area contributed by atoms with Gasteiger partial charge in [0.15, 0.2) is 0 Å². The van der Waals surface area contributed by atoms with E-state index in [2.05, 4.69) is 20.8 Å². The molecule has 0 saturated carbocycles. The van der Waals surface area contributed by atoms with Crippen LogP contribution in [0.25, 0.3) is 0 Å². The zero-order chi connectivity index (χ0) is 11.6. The average molecular weight is 224 g/mol. The van der Waals surface area contributed by atoms with Crippen LogP contribution in [0, 0.1) is 0 Å². The van der Waals surface area contributed by atoms with Gasteiger partial charge in [-0.25, -0.2) is 0 Å². The van der Waals surface area contributed by atoms with Gasteiger partial charge in [0, 0.05) is 15.3 Å². The molecular weight excluding hydrogens is 208 g/mol. The smallest absolute Gasteiger partial charge is 0.249 e. The number of benzene rings is 1. The predicted octanol–water partition coefficient (Wildman–Crippen LogP) is 2.26. The second kappa shape index (κ2) is 4.14. The molecule has 1 aromatic rings. The third-order valence-electron chi connectivity index (χ3n) is 1.69. The first-order chi connectivity index (χ1) is 6.79. The topological polar surface area (TPSA) is 69.1 Å². The van der Waals surface area contributed by atoms with Crippen LogP contribution in [0.5, 0.6) is 0 Å². The van der Waals surface area contributed by atoms with Crippen LogP contribution in [0.15, 0.2) is 23.1 Å². The normalized spacial score (nSPS) is 11.4. The molecule has 0 aromatic heterocycles. The van der Waals surface area contributed by atoms with Crippen molar-refractivity contribution in [3.8, 4) is 0 Å². The number of amides is 1. The van der Waals surface area contributed by atoms with E-state index in [4.69, 9.17) is 11.5 Å². The van der Waals surface area contributed by atoms with Crippen LogP contribution in [-0.2, 0) is 0 Å². The Morgan fingerprint density at radius 3 is 2.40 bits per heavy atom. The number of anilines is 1. The fourth-order valence-electron chi connectivity index (χ4n) is 1.16. The SMILES string of the molecule is CC(C)(C)Sc1cc(N)ccc1C(N)=O. The highest BCUT2D eigenvalue weighted by Crippen LogP contribution is 2.35. The second-order valence-corrected chi connectivity index (χ2v) is 6.20. The number of primary amides is 1. The molecule has 0 radical (unpaired) electrons. The lowest BCUT2D eigenvalue weighted by molar-refractivity contribution is 0.0997. The van der Waals surface area contributed by atoms with Crippen LogP contribution in [0.4, 0.5) is 5.69 Å². The lowest BCUT2D eigenvalue weighted by Crippen LogP contribution is -2.15. The first-order valence-electron chi connectivity index (χ1n) is 4.68. The van der Waals surface area contributed by atoms with Crippen molar-refractivity contribution in [3.63, 3.8) is 0 Å². The number of carbonyl (C=O) groups is 1. The number of rotatable bonds is 2. The minimum Gasteiger partial charge on any atom is -0.399 e. The Bertz CT molecular complexity index is 383. The molecule has 1 amide bonds. The maximum Gasteiger partial charge on any atom is 0.249 e. The van der Waals surface area contributed by atoms with Gasteiger partial charge in [-0.15, -0.1) is 11.8 Å². The maximum absolute atomic E-state index is 11.2. The minimum absolute atomic E-state index is 0.0258. The lowest BCUT2D eigenvalue weighted by Gasteiger charge is -2.19. The zero-order valence-electron chi connectivity index (χ0n) is 9.20. The second-order valence-electron chi connectivity index (χ2n) is 4.33. The van der Waals surface area contributed by atoms with E-state index < -0.39 is 5.91 Å². The van der Waals surface area contributed by atoms with E-state index in [1.165, 1.54) is 0 Å². The third kappa shape index (κ3) is 3.47. The van der Waals surface area contributed by atoms with Crippen LogP contribution in [0.3, 0.4) is 0 Å². The van der Waals surface area contributed by atoms with Gasteiger partial charge in [0.2, 0.25) is 5.91 Å². The molecule has 0 spiro atoms. The number of thioether (sulfide) groups is 1. The molecule has 0 aliphatic rings. The monoisotopic (exact) mass is 224 g/mol. The summed E-state index contributed by atoms with van der Waals surface area (Å²) in [6.45, 7) is 6.23. The molecule has 0 fully saturated rings. The summed E-state index contributed by atoms with van der Waals surface area (Å²) in [4.78, 5) is 12.0.